The first-order valence-electron chi connectivity index (χ1n) is 6.44. The van der Waals surface area contributed by atoms with E-state index in [-0.39, 0.29) is 18.3 Å². The summed E-state index contributed by atoms with van der Waals surface area (Å²) in [5.74, 6) is 1.88. The van der Waals surface area contributed by atoms with Crippen molar-refractivity contribution in [3.8, 4) is 12.3 Å². The molecule has 4 heteroatoms. The van der Waals surface area contributed by atoms with Gasteiger partial charge in [-0.1, -0.05) is 6.92 Å². The highest BCUT2D eigenvalue weighted by Gasteiger charge is 2.33. The lowest BCUT2D eigenvalue weighted by Crippen LogP contribution is -2.36. The van der Waals surface area contributed by atoms with Crippen LogP contribution < -0.4 is 0 Å². The molecule has 0 aromatic rings. The van der Waals surface area contributed by atoms with Crippen LogP contribution in [-0.4, -0.2) is 24.6 Å². The third-order valence-electron chi connectivity index (χ3n) is 3.08. The molecule has 0 fully saturated rings. The average Bonchev–Trinajstić information content (AvgIpc) is 2.35. The van der Waals surface area contributed by atoms with Crippen molar-refractivity contribution >= 4 is 11.9 Å². The lowest BCUT2D eigenvalue weighted by atomic mass is 9.80. The lowest BCUT2D eigenvalue weighted by molar-refractivity contribution is -0.162. The predicted octanol–water partition coefficient (Wildman–Crippen LogP) is 2.70. The number of methoxy groups -OCH3 is 1. The third-order valence-corrected chi connectivity index (χ3v) is 3.08. The zero-order valence-electron chi connectivity index (χ0n) is 12.5. The lowest BCUT2D eigenvalue weighted by Gasteiger charge is -2.34. The van der Waals surface area contributed by atoms with Gasteiger partial charge in [-0.3, -0.25) is 9.59 Å². The number of esters is 2. The molecule has 0 N–H and O–H groups in total. The summed E-state index contributed by atoms with van der Waals surface area (Å²) in [4.78, 5) is 22.7. The molecular weight excluding hydrogens is 244 g/mol. The number of carbonyl (C=O) groups excluding carboxylic acids is 2. The van der Waals surface area contributed by atoms with E-state index in [4.69, 9.17) is 11.2 Å². The second-order valence-corrected chi connectivity index (χ2v) is 5.56. The molecule has 0 bridgehead atoms. The molecule has 0 radical (unpaired) electrons. The zero-order chi connectivity index (χ0) is 15.1. The van der Waals surface area contributed by atoms with Gasteiger partial charge >= 0.3 is 11.9 Å². The van der Waals surface area contributed by atoms with Crippen LogP contribution in [0.25, 0.3) is 0 Å². The molecule has 0 aliphatic heterocycles. The molecule has 0 heterocycles. The van der Waals surface area contributed by atoms with E-state index in [1.54, 1.807) is 0 Å². The van der Waals surface area contributed by atoms with Gasteiger partial charge in [0.05, 0.1) is 20.0 Å². The van der Waals surface area contributed by atoms with Crippen molar-refractivity contribution in [3.63, 3.8) is 0 Å². The summed E-state index contributed by atoms with van der Waals surface area (Å²) < 4.78 is 9.96. The van der Waals surface area contributed by atoms with Gasteiger partial charge in [-0.15, -0.1) is 12.3 Å². The first kappa shape index (κ1) is 17.5. The Balaban J connectivity index is 4.50. The van der Waals surface area contributed by atoms with Crippen LogP contribution in [0.5, 0.6) is 0 Å². The highest BCUT2D eigenvalue weighted by Crippen LogP contribution is 2.32. The van der Waals surface area contributed by atoms with Crippen molar-refractivity contribution in [1.29, 1.82) is 0 Å². The molecule has 1 unspecified atom stereocenters. The summed E-state index contributed by atoms with van der Waals surface area (Å²) in [5, 5.41) is 0. The number of terminal acetylenes is 1. The van der Waals surface area contributed by atoms with Gasteiger partial charge in [-0.25, -0.2) is 0 Å². The van der Waals surface area contributed by atoms with Crippen molar-refractivity contribution < 1.29 is 19.1 Å². The highest BCUT2D eigenvalue weighted by molar-refractivity contribution is 5.77. The fourth-order valence-corrected chi connectivity index (χ4v) is 1.85. The molecular formula is C15H24O4. The largest absolute Gasteiger partial charge is 0.469 e. The Kier molecular flexibility index (Phi) is 6.61. The number of rotatable bonds is 7. The minimum absolute atomic E-state index is 0.0265. The molecule has 0 aromatic carbocycles. The van der Waals surface area contributed by atoms with E-state index in [2.05, 4.69) is 10.7 Å². The van der Waals surface area contributed by atoms with Crippen molar-refractivity contribution in [1.82, 2.24) is 0 Å². The molecule has 0 rings (SSSR count). The van der Waals surface area contributed by atoms with Gasteiger partial charge in [-0.05, 0) is 27.2 Å². The van der Waals surface area contributed by atoms with Crippen LogP contribution in [0.1, 0.15) is 53.4 Å². The summed E-state index contributed by atoms with van der Waals surface area (Å²) in [7, 11) is 1.29. The summed E-state index contributed by atoms with van der Waals surface area (Å²) in [6, 6.07) is 0. The van der Waals surface area contributed by atoms with Crippen molar-refractivity contribution in [3.05, 3.63) is 0 Å². The Morgan fingerprint density at radius 2 is 1.68 bits per heavy atom. The highest BCUT2D eigenvalue weighted by atomic mass is 16.6. The fourth-order valence-electron chi connectivity index (χ4n) is 1.85. The van der Waals surface area contributed by atoms with Crippen LogP contribution >= 0.6 is 0 Å². The maximum Gasteiger partial charge on any atom is 0.306 e. The second-order valence-electron chi connectivity index (χ2n) is 5.56. The van der Waals surface area contributed by atoms with Gasteiger partial charge in [0.15, 0.2) is 0 Å². The topological polar surface area (TPSA) is 52.6 Å². The Morgan fingerprint density at radius 3 is 2.11 bits per heavy atom. The maximum absolute atomic E-state index is 11.7. The Labute approximate surface area is 115 Å². The van der Waals surface area contributed by atoms with E-state index < -0.39 is 17.5 Å². The SMILES string of the molecule is C#CC(C)(C)CC(C)(CC)OC(=O)CCC(=O)OC. The standard InChI is InChI=1S/C15H24O4/c1-7-14(3,4)11-15(5,8-2)19-13(17)10-9-12(16)18-6/h1H,8-11H2,2-6H3. The van der Waals surface area contributed by atoms with Gasteiger partial charge in [-0.2, -0.15) is 0 Å². The Bertz CT molecular complexity index is 365. The number of hydrogen-bond donors (Lipinski definition) is 0. The maximum atomic E-state index is 11.7. The van der Waals surface area contributed by atoms with Crippen LogP contribution in [0.15, 0.2) is 0 Å². The van der Waals surface area contributed by atoms with Crippen LogP contribution in [0.4, 0.5) is 0 Å². The van der Waals surface area contributed by atoms with Crippen LogP contribution in [0.3, 0.4) is 0 Å². The van der Waals surface area contributed by atoms with E-state index in [1.165, 1.54) is 7.11 Å². The molecule has 0 amide bonds. The first-order valence-corrected chi connectivity index (χ1v) is 6.44. The minimum atomic E-state index is -0.608. The summed E-state index contributed by atoms with van der Waals surface area (Å²) in [5.41, 5.74) is -0.948. The molecule has 0 aliphatic rings. The van der Waals surface area contributed by atoms with Gasteiger partial charge in [0, 0.05) is 11.8 Å². The average molecular weight is 268 g/mol. The molecule has 0 aliphatic carbocycles. The van der Waals surface area contributed by atoms with E-state index in [0.717, 1.165) is 0 Å². The molecule has 0 saturated heterocycles. The van der Waals surface area contributed by atoms with E-state index in [9.17, 15) is 9.59 Å². The molecule has 108 valence electrons. The predicted molar refractivity (Wildman–Crippen MR) is 73.3 cm³/mol. The quantitative estimate of drug-likeness (QED) is 0.526. The molecule has 0 saturated carbocycles. The molecule has 1 atom stereocenters. The zero-order valence-corrected chi connectivity index (χ0v) is 12.5. The van der Waals surface area contributed by atoms with Gasteiger partial charge < -0.3 is 9.47 Å². The summed E-state index contributed by atoms with van der Waals surface area (Å²) in [6.45, 7) is 7.68. The van der Waals surface area contributed by atoms with Crippen molar-refractivity contribution in [2.24, 2.45) is 5.41 Å². The fraction of sp³-hybridized carbons (Fsp3) is 0.733. The molecule has 4 nitrogen and oxygen atoms in total. The van der Waals surface area contributed by atoms with Crippen molar-refractivity contribution in [2.75, 3.05) is 7.11 Å². The smallest absolute Gasteiger partial charge is 0.306 e. The van der Waals surface area contributed by atoms with Crippen LogP contribution in [-0.2, 0) is 19.1 Å². The second kappa shape index (κ2) is 7.18. The van der Waals surface area contributed by atoms with Crippen LogP contribution in [0.2, 0.25) is 0 Å². The van der Waals surface area contributed by atoms with E-state index in [1.807, 2.05) is 27.7 Å². The Morgan fingerprint density at radius 1 is 1.16 bits per heavy atom. The van der Waals surface area contributed by atoms with Gasteiger partial charge in [0.25, 0.3) is 0 Å². The summed E-state index contributed by atoms with van der Waals surface area (Å²) >= 11 is 0. The Hall–Kier alpha value is -1.50. The monoisotopic (exact) mass is 268 g/mol. The third kappa shape index (κ3) is 6.85. The van der Waals surface area contributed by atoms with Crippen LogP contribution in [0, 0.1) is 17.8 Å². The first-order chi connectivity index (χ1) is 8.68. The summed E-state index contributed by atoms with van der Waals surface area (Å²) in [6.07, 6.45) is 6.77. The van der Waals surface area contributed by atoms with Gasteiger partial charge in [0.1, 0.15) is 5.60 Å². The number of hydrogen-bond acceptors (Lipinski definition) is 4. The molecule has 19 heavy (non-hydrogen) atoms. The molecule has 0 spiro atoms. The minimum Gasteiger partial charge on any atom is -0.469 e. The van der Waals surface area contributed by atoms with E-state index in [0.29, 0.717) is 12.8 Å². The van der Waals surface area contributed by atoms with Crippen molar-refractivity contribution in [2.45, 2.75) is 59.0 Å². The number of carbonyl (C=O) groups is 2. The van der Waals surface area contributed by atoms with Gasteiger partial charge in [0.2, 0.25) is 0 Å². The number of ether oxygens (including phenoxy) is 2. The molecule has 0 aromatic heterocycles. The normalized spacial score (nSPS) is 14.1. The van der Waals surface area contributed by atoms with E-state index >= 15 is 0 Å².